The highest BCUT2D eigenvalue weighted by atomic mass is 32.2. The van der Waals surface area contributed by atoms with Crippen LogP contribution in [0.3, 0.4) is 0 Å². The van der Waals surface area contributed by atoms with E-state index in [9.17, 15) is 9.00 Å². The van der Waals surface area contributed by atoms with Crippen molar-refractivity contribution in [3.63, 3.8) is 0 Å². The Morgan fingerprint density at radius 2 is 2.17 bits per heavy atom. The van der Waals surface area contributed by atoms with E-state index < -0.39 is 27.8 Å². The van der Waals surface area contributed by atoms with Crippen molar-refractivity contribution in [2.75, 3.05) is 13.7 Å². The Morgan fingerprint density at radius 3 is 2.83 bits per heavy atom. The quantitative estimate of drug-likeness (QED) is 0.656. The lowest BCUT2D eigenvalue weighted by Gasteiger charge is -2.27. The smallest absolute Gasteiger partial charge is 0.357 e. The summed E-state index contributed by atoms with van der Waals surface area (Å²) < 4.78 is 33.1. The number of hydrogen-bond acceptors (Lipinski definition) is 7. The molecule has 0 amide bonds. The largest absolute Gasteiger partial charge is 0.497 e. The Morgan fingerprint density at radius 1 is 1.41 bits per heavy atom. The molecule has 2 aromatic rings. The number of benzene rings is 1. The fourth-order valence-electron chi connectivity index (χ4n) is 2.64. The summed E-state index contributed by atoms with van der Waals surface area (Å²) in [6.07, 6.45) is -0.0461. The first-order chi connectivity index (χ1) is 13.7. The Bertz CT molecular complexity index is 962. The van der Waals surface area contributed by atoms with Crippen molar-refractivity contribution in [2.24, 2.45) is 4.40 Å². The molecular weight excluding hydrogens is 412 g/mol. The molecule has 0 spiro atoms. The molecule has 0 aliphatic carbocycles. The molecule has 0 saturated heterocycles. The number of esters is 1. The SMILES string of the molecule is CCOC(=O)c1csc([C@@H]2CC(=N[S@@](=O)C(C)(C)C)c3ccc(OC)cc3O2)n1. The first-order valence-electron chi connectivity index (χ1n) is 9.20. The van der Waals surface area contributed by atoms with E-state index in [1.807, 2.05) is 32.9 Å². The monoisotopic (exact) mass is 436 g/mol. The minimum atomic E-state index is -1.42. The second-order valence-corrected chi connectivity index (χ2v) is 10.2. The van der Waals surface area contributed by atoms with Crippen LogP contribution in [0.25, 0.3) is 0 Å². The van der Waals surface area contributed by atoms with Crippen molar-refractivity contribution < 1.29 is 23.2 Å². The topological polar surface area (TPSA) is 87.1 Å². The molecule has 1 aromatic heterocycles. The third kappa shape index (κ3) is 4.84. The first kappa shape index (κ1) is 21.4. The molecule has 3 rings (SSSR count). The molecule has 9 heteroatoms. The van der Waals surface area contributed by atoms with Crippen LogP contribution in [0.4, 0.5) is 0 Å². The Kier molecular flexibility index (Phi) is 6.38. The molecule has 0 radical (unpaired) electrons. The van der Waals surface area contributed by atoms with E-state index in [0.29, 0.717) is 28.6 Å². The van der Waals surface area contributed by atoms with Crippen LogP contribution >= 0.6 is 11.3 Å². The number of thiazole rings is 1. The molecule has 1 aliphatic rings. The molecular formula is C20H24N2O5S2. The van der Waals surface area contributed by atoms with Crippen LogP contribution in [0.1, 0.15) is 61.3 Å². The van der Waals surface area contributed by atoms with Crippen molar-refractivity contribution in [1.29, 1.82) is 0 Å². The van der Waals surface area contributed by atoms with Gasteiger partial charge in [0, 0.05) is 23.4 Å². The highest BCUT2D eigenvalue weighted by molar-refractivity contribution is 7.85. The average molecular weight is 437 g/mol. The van der Waals surface area contributed by atoms with E-state index in [1.54, 1.807) is 25.5 Å². The molecule has 2 atom stereocenters. The highest BCUT2D eigenvalue weighted by Crippen LogP contribution is 2.38. The molecule has 156 valence electrons. The fourth-order valence-corrected chi connectivity index (χ4v) is 4.10. The highest BCUT2D eigenvalue weighted by Gasteiger charge is 2.31. The van der Waals surface area contributed by atoms with Gasteiger partial charge in [-0.1, -0.05) is 0 Å². The van der Waals surface area contributed by atoms with Gasteiger partial charge in [-0.25, -0.2) is 14.0 Å². The maximum Gasteiger partial charge on any atom is 0.357 e. The van der Waals surface area contributed by atoms with Crippen LogP contribution in [-0.2, 0) is 15.7 Å². The van der Waals surface area contributed by atoms with Crippen LogP contribution in [0.5, 0.6) is 11.5 Å². The maximum absolute atomic E-state index is 12.7. The van der Waals surface area contributed by atoms with Gasteiger partial charge in [0.15, 0.2) is 11.8 Å². The summed E-state index contributed by atoms with van der Waals surface area (Å²) in [7, 11) is 0.166. The van der Waals surface area contributed by atoms with Gasteiger partial charge in [0.25, 0.3) is 0 Å². The summed E-state index contributed by atoms with van der Waals surface area (Å²) in [6.45, 7) is 7.67. The number of carbonyl (C=O) groups is 1. The van der Waals surface area contributed by atoms with E-state index in [-0.39, 0.29) is 12.3 Å². The van der Waals surface area contributed by atoms with Gasteiger partial charge in [0.1, 0.15) is 27.5 Å². The van der Waals surface area contributed by atoms with Crippen LogP contribution in [0.2, 0.25) is 0 Å². The summed E-state index contributed by atoms with van der Waals surface area (Å²) in [4.78, 5) is 16.3. The second kappa shape index (κ2) is 8.62. The maximum atomic E-state index is 12.7. The molecule has 0 fully saturated rings. The van der Waals surface area contributed by atoms with Crippen molar-refractivity contribution in [3.8, 4) is 11.5 Å². The Labute approximate surface area is 176 Å². The lowest BCUT2D eigenvalue weighted by atomic mass is 10.00. The lowest BCUT2D eigenvalue weighted by Crippen LogP contribution is -2.25. The lowest BCUT2D eigenvalue weighted by molar-refractivity contribution is 0.0519. The van der Waals surface area contributed by atoms with Gasteiger partial charge in [0.05, 0.1) is 24.2 Å². The van der Waals surface area contributed by atoms with E-state index in [1.165, 1.54) is 11.3 Å². The van der Waals surface area contributed by atoms with Crippen molar-refractivity contribution in [3.05, 3.63) is 39.8 Å². The van der Waals surface area contributed by atoms with Gasteiger partial charge in [-0.2, -0.15) is 4.40 Å². The van der Waals surface area contributed by atoms with E-state index >= 15 is 0 Å². The molecule has 0 saturated carbocycles. The number of rotatable bonds is 5. The number of carbonyl (C=O) groups excluding carboxylic acids is 1. The van der Waals surface area contributed by atoms with Crippen LogP contribution in [0, 0.1) is 0 Å². The van der Waals surface area contributed by atoms with Crippen molar-refractivity contribution >= 4 is 34.0 Å². The van der Waals surface area contributed by atoms with E-state index in [2.05, 4.69) is 9.38 Å². The molecule has 0 bridgehead atoms. The number of ether oxygens (including phenoxy) is 3. The minimum Gasteiger partial charge on any atom is -0.497 e. The Hall–Kier alpha value is -2.26. The number of fused-ring (bicyclic) bond motifs is 1. The normalized spacial score (nSPS) is 18.7. The molecule has 0 N–H and O–H groups in total. The van der Waals surface area contributed by atoms with Crippen molar-refractivity contribution in [2.45, 2.75) is 45.0 Å². The Balaban J connectivity index is 1.98. The predicted molar refractivity (Wildman–Crippen MR) is 113 cm³/mol. The molecule has 29 heavy (non-hydrogen) atoms. The molecule has 2 heterocycles. The summed E-state index contributed by atoms with van der Waals surface area (Å²) in [5.74, 6) is 0.765. The summed E-state index contributed by atoms with van der Waals surface area (Å²) in [6, 6.07) is 5.45. The van der Waals surface area contributed by atoms with Crippen LogP contribution < -0.4 is 9.47 Å². The summed E-state index contributed by atoms with van der Waals surface area (Å²) in [5.41, 5.74) is 1.71. The average Bonchev–Trinajstić information content (AvgIpc) is 3.17. The molecule has 1 aromatic carbocycles. The standard InChI is InChI=1S/C20H24N2O5S2/c1-6-26-19(23)15-11-28-18(21-15)17-10-14(22-29(24)20(2,3)4)13-8-7-12(25-5)9-16(13)27-17/h7-9,11,17H,6,10H2,1-5H3/t17-,29-/m0/s1. The van der Waals surface area contributed by atoms with Gasteiger partial charge >= 0.3 is 5.97 Å². The summed E-state index contributed by atoms with van der Waals surface area (Å²) >= 11 is 1.32. The zero-order valence-electron chi connectivity index (χ0n) is 17.1. The first-order valence-corrected chi connectivity index (χ1v) is 11.2. The zero-order chi connectivity index (χ0) is 21.2. The van der Waals surface area contributed by atoms with Gasteiger partial charge in [-0.3, -0.25) is 0 Å². The summed E-state index contributed by atoms with van der Waals surface area (Å²) in [5, 5.41) is 2.29. The predicted octanol–water partition coefficient (Wildman–Crippen LogP) is 4.10. The second-order valence-electron chi connectivity index (χ2n) is 7.36. The molecule has 0 unspecified atom stereocenters. The van der Waals surface area contributed by atoms with Gasteiger partial charge in [-0.05, 0) is 39.8 Å². The third-order valence-corrected chi connectivity index (χ3v) is 6.52. The minimum absolute atomic E-state index is 0.253. The number of nitrogens with zero attached hydrogens (tertiary/aromatic N) is 2. The third-order valence-electron chi connectivity index (χ3n) is 4.15. The van der Waals surface area contributed by atoms with Gasteiger partial charge < -0.3 is 14.2 Å². The van der Waals surface area contributed by atoms with Gasteiger partial charge in [-0.15, -0.1) is 11.3 Å². The number of hydrogen-bond donors (Lipinski definition) is 0. The molecule has 1 aliphatic heterocycles. The van der Waals surface area contributed by atoms with Crippen LogP contribution in [-0.4, -0.2) is 39.3 Å². The fraction of sp³-hybridized carbons (Fsp3) is 0.450. The van der Waals surface area contributed by atoms with E-state index in [4.69, 9.17) is 14.2 Å². The zero-order valence-corrected chi connectivity index (χ0v) is 18.7. The van der Waals surface area contributed by atoms with Crippen molar-refractivity contribution in [1.82, 2.24) is 4.98 Å². The number of aromatic nitrogens is 1. The molecule has 7 nitrogen and oxygen atoms in total. The van der Waals surface area contributed by atoms with E-state index in [0.717, 1.165) is 5.56 Å². The van der Waals surface area contributed by atoms with Gasteiger partial charge in [0.2, 0.25) is 0 Å². The van der Waals surface area contributed by atoms with Crippen LogP contribution in [0.15, 0.2) is 28.0 Å². The number of methoxy groups -OCH3 is 1.